The van der Waals surface area contributed by atoms with Crippen molar-refractivity contribution in [3.05, 3.63) is 119 Å². The second-order valence-corrected chi connectivity index (χ2v) is 13.1. The first-order chi connectivity index (χ1) is 19.5. The number of hydrogen-bond acceptors (Lipinski definition) is 4. The van der Waals surface area contributed by atoms with Crippen LogP contribution in [-0.2, 0) is 21.6 Å². The lowest BCUT2D eigenvalue weighted by Gasteiger charge is -2.25. The van der Waals surface area contributed by atoms with Crippen LogP contribution in [-0.4, -0.2) is 32.9 Å². The van der Waals surface area contributed by atoms with Gasteiger partial charge in [-0.1, -0.05) is 84.6 Å². The van der Waals surface area contributed by atoms with Crippen LogP contribution in [0.5, 0.6) is 0 Å². The first-order valence-corrected chi connectivity index (χ1v) is 16.0. The van der Waals surface area contributed by atoms with E-state index in [1.807, 2.05) is 123 Å². The molecule has 4 aromatic rings. The van der Waals surface area contributed by atoms with E-state index >= 15 is 0 Å². The molecule has 0 aliphatic heterocycles. The molecule has 1 aliphatic rings. The lowest BCUT2D eigenvalue weighted by atomic mass is 9.91. The number of aryl methyl sites for hydroxylation is 2. The van der Waals surface area contributed by atoms with Gasteiger partial charge in [0.15, 0.2) is 0 Å². The van der Waals surface area contributed by atoms with Gasteiger partial charge in [0.25, 0.3) is 0 Å². The molecule has 0 bridgehead atoms. The van der Waals surface area contributed by atoms with Gasteiger partial charge in [-0.3, -0.25) is 9.98 Å². The van der Waals surface area contributed by atoms with Crippen molar-refractivity contribution in [1.82, 2.24) is 0 Å². The molecule has 4 nitrogen and oxygen atoms in total. The van der Waals surface area contributed by atoms with Gasteiger partial charge < -0.3 is 0 Å². The SMILES string of the molecule is Cc1ccc(S(=O)c2ccccc2C=N[C@@H]2CCCC[C@H]2N=Cc2ccccc2S(=O)c2ccc(C)cc2)cc1. The second kappa shape index (κ2) is 13.2. The maximum absolute atomic E-state index is 13.4. The number of benzene rings is 4. The van der Waals surface area contributed by atoms with E-state index in [0.29, 0.717) is 0 Å². The van der Waals surface area contributed by atoms with Crippen molar-refractivity contribution >= 4 is 34.0 Å². The molecule has 2 unspecified atom stereocenters. The molecule has 0 spiro atoms. The minimum atomic E-state index is -1.28. The lowest BCUT2D eigenvalue weighted by molar-refractivity contribution is 0.390. The number of hydrogen-bond donors (Lipinski definition) is 0. The van der Waals surface area contributed by atoms with Gasteiger partial charge in [0.05, 0.1) is 43.5 Å². The monoisotopic (exact) mass is 566 g/mol. The molecule has 4 aromatic carbocycles. The van der Waals surface area contributed by atoms with Crippen molar-refractivity contribution in [2.45, 2.75) is 71.2 Å². The molecule has 0 radical (unpaired) electrons. The summed E-state index contributed by atoms with van der Waals surface area (Å²) in [7, 11) is -2.57. The molecule has 0 saturated heterocycles. The summed E-state index contributed by atoms with van der Waals surface area (Å²) >= 11 is 0. The van der Waals surface area contributed by atoms with Crippen LogP contribution in [0, 0.1) is 13.8 Å². The fourth-order valence-electron chi connectivity index (χ4n) is 4.88. The number of nitrogens with zero attached hydrogens (tertiary/aromatic N) is 2. The van der Waals surface area contributed by atoms with Crippen LogP contribution >= 0.6 is 0 Å². The Bertz CT molecular complexity index is 1440. The molecule has 4 atom stereocenters. The van der Waals surface area contributed by atoms with E-state index < -0.39 is 21.6 Å². The zero-order valence-corrected chi connectivity index (χ0v) is 24.5. The summed E-state index contributed by atoms with van der Waals surface area (Å²) in [4.78, 5) is 13.1. The van der Waals surface area contributed by atoms with E-state index in [-0.39, 0.29) is 12.1 Å². The van der Waals surface area contributed by atoms with E-state index in [1.54, 1.807) is 0 Å². The summed E-state index contributed by atoms with van der Waals surface area (Å²) < 4.78 is 26.7. The Morgan fingerprint density at radius 1 is 0.575 bits per heavy atom. The van der Waals surface area contributed by atoms with Gasteiger partial charge in [-0.15, -0.1) is 0 Å². The number of rotatable bonds is 8. The lowest BCUT2D eigenvalue weighted by Crippen LogP contribution is -2.27. The van der Waals surface area contributed by atoms with E-state index in [4.69, 9.17) is 9.98 Å². The summed E-state index contributed by atoms with van der Waals surface area (Å²) in [6.07, 6.45) is 7.88. The van der Waals surface area contributed by atoms with Gasteiger partial charge in [0.1, 0.15) is 0 Å². The summed E-state index contributed by atoms with van der Waals surface area (Å²) in [5.74, 6) is 0. The molecule has 204 valence electrons. The molecule has 6 heteroatoms. The van der Waals surface area contributed by atoms with Crippen molar-refractivity contribution in [3.63, 3.8) is 0 Å². The topological polar surface area (TPSA) is 58.9 Å². The summed E-state index contributed by atoms with van der Waals surface area (Å²) in [5, 5.41) is 0. The maximum atomic E-state index is 13.4. The molecule has 0 heterocycles. The van der Waals surface area contributed by atoms with Gasteiger partial charge in [0, 0.05) is 33.3 Å². The number of aliphatic imine (C=N–C) groups is 2. The van der Waals surface area contributed by atoms with Crippen LogP contribution < -0.4 is 0 Å². The summed E-state index contributed by atoms with van der Waals surface area (Å²) in [6.45, 7) is 4.05. The van der Waals surface area contributed by atoms with Crippen molar-refractivity contribution in [1.29, 1.82) is 0 Å². The van der Waals surface area contributed by atoms with Crippen LogP contribution in [0.15, 0.2) is 127 Å². The highest BCUT2D eigenvalue weighted by molar-refractivity contribution is 7.85. The summed E-state index contributed by atoms with van der Waals surface area (Å²) in [5.41, 5.74) is 4.02. The van der Waals surface area contributed by atoms with E-state index in [2.05, 4.69) is 0 Å². The second-order valence-electron chi connectivity index (χ2n) is 10.2. The average molecular weight is 567 g/mol. The minimum absolute atomic E-state index is 0.0422. The van der Waals surface area contributed by atoms with E-state index in [1.165, 1.54) is 0 Å². The van der Waals surface area contributed by atoms with Crippen molar-refractivity contribution in [2.75, 3.05) is 0 Å². The normalized spacial score (nSPS) is 19.1. The van der Waals surface area contributed by atoms with Gasteiger partial charge in [-0.25, -0.2) is 8.42 Å². The van der Waals surface area contributed by atoms with Crippen LogP contribution in [0.3, 0.4) is 0 Å². The third-order valence-electron chi connectivity index (χ3n) is 7.21. The Morgan fingerprint density at radius 3 is 1.35 bits per heavy atom. The molecule has 0 N–H and O–H groups in total. The molecular formula is C34H34N2O2S2. The quantitative estimate of drug-likeness (QED) is 0.208. The van der Waals surface area contributed by atoms with Crippen LogP contribution in [0.4, 0.5) is 0 Å². The zero-order valence-electron chi connectivity index (χ0n) is 22.9. The predicted octanol–water partition coefficient (Wildman–Crippen LogP) is 7.49. The van der Waals surface area contributed by atoms with Crippen molar-refractivity contribution in [2.24, 2.45) is 9.98 Å². The first-order valence-electron chi connectivity index (χ1n) is 13.7. The molecule has 1 fully saturated rings. The molecule has 0 aromatic heterocycles. The highest BCUT2D eigenvalue weighted by Gasteiger charge is 2.24. The van der Waals surface area contributed by atoms with Crippen molar-refractivity contribution in [3.8, 4) is 0 Å². The average Bonchev–Trinajstić information content (AvgIpc) is 3.00. The van der Waals surface area contributed by atoms with Crippen LogP contribution in [0.1, 0.15) is 47.9 Å². The Labute approximate surface area is 242 Å². The Kier molecular flexibility index (Phi) is 9.30. The highest BCUT2D eigenvalue weighted by Crippen LogP contribution is 2.26. The van der Waals surface area contributed by atoms with Crippen LogP contribution in [0.25, 0.3) is 0 Å². The Morgan fingerprint density at radius 2 is 0.950 bits per heavy atom. The molecule has 5 rings (SSSR count). The molecule has 40 heavy (non-hydrogen) atoms. The fourth-order valence-corrected chi connectivity index (χ4v) is 7.23. The molecule has 1 saturated carbocycles. The molecule has 0 amide bonds. The largest absolute Gasteiger partial charge is 0.287 e. The third-order valence-corrected chi connectivity index (χ3v) is 10.2. The van der Waals surface area contributed by atoms with Gasteiger partial charge in [-0.05, 0) is 63.1 Å². The zero-order chi connectivity index (χ0) is 27.9. The Hall–Kier alpha value is -3.48. The van der Waals surface area contributed by atoms with Crippen LogP contribution in [0.2, 0.25) is 0 Å². The maximum Gasteiger partial charge on any atom is 0.0856 e. The third kappa shape index (κ3) is 6.80. The minimum Gasteiger partial charge on any atom is -0.287 e. The molecular weight excluding hydrogens is 533 g/mol. The predicted molar refractivity (Wildman–Crippen MR) is 166 cm³/mol. The smallest absolute Gasteiger partial charge is 0.0856 e. The van der Waals surface area contributed by atoms with E-state index in [0.717, 1.165) is 67.5 Å². The van der Waals surface area contributed by atoms with Gasteiger partial charge in [-0.2, -0.15) is 0 Å². The first kappa shape index (κ1) is 28.1. The Balaban J connectivity index is 1.36. The highest BCUT2D eigenvalue weighted by atomic mass is 32.2. The fraction of sp³-hybridized carbons (Fsp3) is 0.235. The standard InChI is InChI=1S/C34H34N2O2S2/c1-25-15-19-29(20-16-25)39(37)33-13-7-3-9-27(33)23-35-31-11-5-6-12-32(31)36-24-28-10-4-8-14-34(28)40(38)30-21-17-26(2)18-22-30/h3-4,7-10,13-24,31-32H,5-6,11-12H2,1-2H3/t31-,32-,39?,40?/m1/s1. The molecule has 1 aliphatic carbocycles. The van der Waals surface area contributed by atoms with Crippen molar-refractivity contribution < 1.29 is 8.42 Å². The summed E-state index contributed by atoms with van der Waals surface area (Å²) in [6, 6.07) is 31.3. The van der Waals surface area contributed by atoms with Gasteiger partial charge in [0.2, 0.25) is 0 Å². The van der Waals surface area contributed by atoms with E-state index in [9.17, 15) is 8.42 Å². The van der Waals surface area contributed by atoms with Gasteiger partial charge >= 0.3 is 0 Å².